The maximum Gasteiger partial charge on any atom is 0.229 e. The van der Waals surface area contributed by atoms with Gasteiger partial charge in [-0.25, -0.2) is 0 Å². The molecular formula is C19H35NO2. The lowest BCUT2D eigenvalue weighted by Crippen LogP contribution is -2.37. The maximum atomic E-state index is 12.3. The Balaban J connectivity index is 2.23. The van der Waals surface area contributed by atoms with Crippen molar-refractivity contribution in [3.8, 4) is 0 Å². The molecule has 0 N–H and O–H groups in total. The summed E-state index contributed by atoms with van der Waals surface area (Å²) in [7, 11) is 0. The predicted molar refractivity (Wildman–Crippen MR) is 91.6 cm³/mol. The van der Waals surface area contributed by atoms with E-state index in [-0.39, 0.29) is 11.8 Å². The van der Waals surface area contributed by atoms with Gasteiger partial charge in [-0.1, -0.05) is 71.1 Å². The Morgan fingerprint density at radius 1 is 0.864 bits per heavy atom. The van der Waals surface area contributed by atoms with Gasteiger partial charge in [-0.3, -0.25) is 14.5 Å². The minimum Gasteiger partial charge on any atom is -0.283 e. The smallest absolute Gasteiger partial charge is 0.229 e. The van der Waals surface area contributed by atoms with Crippen LogP contribution in [0.5, 0.6) is 0 Å². The Bertz CT molecular complexity index is 315. The number of hydrogen-bond acceptors (Lipinski definition) is 2. The third-order valence-corrected chi connectivity index (χ3v) is 4.62. The van der Waals surface area contributed by atoms with Crippen LogP contribution >= 0.6 is 0 Å². The lowest BCUT2D eigenvalue weighted by molar-refractivity contribution is -0.145. The number of unbranched alkanes of at least 4 members (excludes halogenated alkanes) is 6. The highest BCUT2D eigenvalue weighted by Crippen LogP contribution is 2.15. The second-order valence-corrected chi connectivity index (χ2v) is 6.68. The molecule has 1 rings (SSSR count). The van der Waals surface area contributed by atoms with E-state index in [9.17, 15) is 9.59 Å². The van der Waals surface area contributed by atoms with Gasteiger partial charge in [-0.2, -0.15) is 0 Å². The van der Waals surface area contributed by atoms with E-state index < -0.39 is 0 Å². The largest absolute Gasteiger partial charge is 0.283 e. The fraction of sp³-hybridized carbons (Fsp3) is 0.895. The van der Waals surface area contributed by atoms with Crippen LogP contribution in [0.3, 0.4) is 0 Å². The van der Waals surface area contributed by atoms with E-state index in [2.05, 4.69) is 6.92 Å². The lowest BCUT2D eigenvalue weighted by Gasteiger charge is -2.22. The van der Waals surface area contributed by atoms with E-state index in [1.165, 1.54) is 44.9 Å². The van der Waals surface area contributed by atoms with E-state index in [1.54, 1.807) is 4.90 Å². The van der Waals surface area contributed by atoms with E-state index in [1.807, 2.05) is 0 Å². The fourth-order valence-corrected chi connectivity index (χ4v) is 3.14. The van der Waals surface area contributed by atoms with E-state index in [0.29, 0.717) is 19.4 Å². The summed E-state index contributed by atoms with van der Waals surface area (Å²) in [5, 5.41) is 0. The standard InChI is InChI=1S/C19H35NO2/c1-2-3-4-5-6-9-12-15-18(21)20-17-14-11-8-7-10-13-16-19(20)22/h2-17H2,1H3. The summed E-state index contributed by atoms with van der Waals surface area (Å²) in [4.78, 5) is 26.1. The van der Waals surface area contributed by atoms with Gasteiger partial charge in [-0.15, -0.1) is 0 Å². The molecule has 0 aromatic heterocycles. The zero-order valence-electron chi connectivity index (χ0n) is 14.6. The number of carbonyl (C=O) groups excluding carboxylic acids is 2. The van der Waals surface area contributed by atoms with Crippen molar-refractivity contribution < 1.29 is 9.59 Å². The van der Waals surface area contributed by atoms with Gasteiger partial charge in [0.1, 0.15) is 0 Å². The van der Waals surface area contributed by atoms with Crippen molar-refractivity contribution in [3.63, 3.8) is 0 Å². The molecule has 0 saturated carbocycles. The van der Waals surface area contributed by atoms with Crippen LogP contribution in [0.2, 0.25) is 0 Å². The Morgan fingerprint density at radius 2 is 1.45 bits per heavy atom. The van der Waals surface area contributed by atoms with Crippen molar-refractivity contribution >= 4 is 11.8 Å². The number of imide groups is 1. The van der Waals surface area contributed by atoms with Crippen LogP contribution in [0.4, 0.5) is 0 Å². The Labute approximate surface area is 136 Å². The molecule has 0 spiro atoms. The van der Waals surface area contributed by atoms with Gasteiger partial charge in [0, 0.05) is 19.4 Å². The SMILES string of the molecule is CCCCCCCCCC(=O)N1CCCCCCCCC1=O. The number of hydrogen-bond donors (Lipinski definition) is 0. The van der Waals surface area contributed by atoms with E-state index in [4.69, 9.17) is 0 Å². The van der Waals surface area contributed by atoms with Gasteiger partial charge in [0.2, 0.25) is 11.8 Å². The Kier molecular flexibility index (Phi) is 11.0. The van der Waals surface area contributed by atoms with Crippen molar-refractivity contribution in [2.75, 3.05) is 6.54 Å². The average Bonchev–Trinajstić information content (AvgIpc) is 2.52. The third-order valence-electron chi connectivity index (χ3n) is 4.62. The molecule has 0 unspecified atom stereocenters. The van der Waals surface area contributed by atoms with Crippen LogP contribution in [-0.4, -0.2) is 23.3 Å². The molecule has 1 aliphatic rings. The van der Waals surface area contributed by atoms with Gasteiger partial charge < -0.3 is 0 Å². The highest BCUT2D eigenvalue weighted by Gasteiger charge is 2.20. The minimum absolute atomic E-state index is 0.0647. The lowest BCUT2D eigenvalue weighted by atomic mass is 10.1. The van der Waals surface area contributed by atoms with Crippen LogP contribution in [-0.2, 0) is 9.59 Å². The average molecular weight is 309 g/mol. The summed E-state index contributed by atoms with van der Waals surface area (Å²) in [5.41, 5.74) is 0. The first-order valence-corrected chi connectivity index (χ1v) is 9.59. The second kappa shape index (κ2) is 12.7. The predicted octanol–water partition coefficient (Wildman–Crippen LogP) is 5.23. The number of nitrogens with zero attached hydrogens (tertiary/aromatic N) is 1. The molecule has 0 atom stereocenters. The molecule has 3 nitrogen and oxygen atoms in total. The Morgan fingerprint density at radius 3 is 2.18 bits per heavy atom. The summed E-state index contributed by atoms with van der Waals surface area (Å²) in [6, 6.07) is 0. The number of carbonyl (C=O) groups is 2. The molecule has 0 bridgehead atoms. The zero-order chi connectivity index (χ0) is 16.0. The van der Waals surface area contributed by atoms with Crippen LogP contribution in [0.1, 0.15) is 103 Å². The molecule has 0 aliphatic carbocycles. The number of rotatable bonds is 8. The van der Waals surface area contributed by atoms with E-state index >= 15 is 0 Å². The van der Waals surface area contributed by atoms with Crippen molar-refractivity contribution in [2.24, 2.45) is 0 Å². The van der Waals surface area contributed by atoms with Gasteiger partial charge in [0.25, 0.3) is 0 Å². The molecule has 1 aliphatic heterocycles. The van der Waals surface area contributed by atoms with Crippen LogP contribution in [0, 0.1) is 0 Å². The van der Waals surface area contributed by atoms with E-state index in [0.717, 1.165) is 38.5 Å². The molecule has 0 aromatic rings. The van der Waals surface area contributed by atoms with Gasteiger partial charge in [-0.05, 0) is 19.3 Å². The summed E-state index contributed by atoms with van der Waals surface area (Å²) in [6.07, 6.45) is 16.3. The minimum atomic E-state index is 0.0647. The molecule has 1 saturated heterocycles. The first-order chi connectivity index (χ1) is 10.8. The van der Waals surface area contributed by atoms with Gasteiger partial charge in [0.15, 0.2) is 0 Å². The Hall–Kier alpha value is -0.860. The fourth-order valence-electron chi connectivity index (χ4n) is 3.14. The summed E-state index contributed by atoms with van der Waals surface area (Å²) in [6.45, 7) is 2.87. The highest BCUT2D eigenvalue weighted by atomic mass is 16.2. The van der Waals surface area contributed by atoms with Gasteiger partial charge in [0.05, 0.1) is 0 Å². The normalized spacial score (nSPS) is 17.5. The third kappa shape index (κ3) is 8.55. The van der Waals surface area contributed by atoms with Crippen LogP contribution < -0.4 is 0 Å². The maximum absolute atomic E-state index is 12.3. The van der Waals surface area contributed by atoms with Crippen molar-refractivity contribution in [2.45, 2.75) is 103 Å². The molecule has 3 heteroatoms. The first kappa shape index (κ1) is 19.2. The summed E-state index contributed by atoms with van der Waals surface area (Å²) in [5.74, 6) is 0.133. The quantitative estimate of drug-likeness (QED) is 0.576. The molecule has 2 amide bonds. The van der Waals surface area contributed by atoms with Crippen molar-refractivity contribution in [3.05, 3.63) is 0 Å². The zero-order valence-corrected chi connectivity index (χ0v) is 14.6. The molecular weight excluding hydrogens is 274 g/mol. The first-order valence-electron chi connectivity index (χ1n) is 9.59. The molecule has 1 heterocycles. The summed E-state index contributed by atoms with van der Waals surface area (Å²) < 4.78 is 0. The van der Waals surface area contributed by atoms with Gasteiger partial charge >= 0.3 is 0 Å². The second-order valence-electron chi connectivity index (χ2n) is 6.68. The molecule has 22 heavy (non-hydrogen) atoms. The van der Waals surface area contributed by atoms with Crippen LogP contribution in [0.15, 0.2) is 0 Å². The molecule has 128 valence electrons. The highest BCUT2D eigenvalue weighted by molar-refractivity contribution is 5.95. The van der Waals surface area contributed by atoms with Crippen molar-refractivity contribution in [1.82, 2.24) is 4.90 Å². The topological polar surface area (TPSA) is 37.4 Å². The summed E-state index contributed by atoms with van der Waals surface area (Å²) >= 11 is 0. The molecule has 0 radical (unpaired) electrons. The molecule has 1 fully saturated rings. The van der Waals surface area contributed by atoms with Crippen molar-refractivity contribution in [1.29, 1.82) is 0 Å². The monoisotopic (exact) mass is 309 g/mol. The van der Waals surface area contributed by atoms with Crippen LogP contribution in [0.25, 0.3) is 0 Å². The number of amides is 2. The molecule has 0 aromatic carbocycles.